The fourth-order valence-corrected chi connectivity index (χ4v) is 3.02. The number of aryl methyl sites for hydroxylation is 1. The van der Waals surface area contributed by atoms with Crippen LogP contribution in [0.1, 0.15) is 16.7 Å². The minimum absolute atomic E-state index is 0.130. The van der Waals surface area contributed by atoms with Gasteiger partial charge in [-0.25, -0.2) is 5.43 Å². The number of hydrazone groups is 1. The van der Waals surface area contributed by atoms with E-state index in [1.165, 1.54) is 0 Å². The molecule has 0 aliphatic heterocycles. The van der Waals surface area contributed by atoms with Crippen molar-refractivity contribution >= 4 is 41.0 Å². The van der Waals surface area contributed by atoms with Crippen LogP contribution in [-0.4, -0.2) is 18.7 Å². The second-order valence-corrected chi connectivity index (χ2v) is 7.45. The van der Waals surface area contributed by atoms with Gasteiger partial charge in [-0.15, -0.1) is 0 Å². The van der Waals surface area contributed by atoms with Crippen LogP contribution in [0.15, 0.2) is 71.8 Å². The Hall–Kier alpha value is -3.02. The molecule has 154 valence electrons. The molecule has 0 saturated heterocycles. The largest absolute Gasteiger partial charge is 0.489 e. The van der Waals surface area contributed by atoms with Crippen molar-refractivity contribution in [2.75, 3.05) is 11.9 Å². The molecule has 0 atom stereocenters. The summed E-state index contributed by atoms with van der Waals surface area (Å²) in [4.78, 5) is 11.9. The van der Waals surface area contributed by atoms with Crippen LogP contribution in [0.2, 0.25) is 10.0 Å². The summed E-state index contributed by atoms with van der Waals surface area (Å²) in [5.41, 5.74) is 6.18. The maximum Gasteiger partial charge on any atom is 0.259 e. The molecule has 1 amide bonds. The predicted octanol–water partition coefficient (Wildman–Crippen LogP) is 5.44. The Morgan fingerprint density at radius 1 is 1.07 bits per heavy atom. The molecule has 3 rings (SSSR count). The summed E-state index contributed by atoms with van der Waals surface area (Å²) in [6, 6.07) is 20.5. The third-order valence-electron chi connectivity index (χ3n) is 4.18. The molecule has 0 radical (unpaired) electrons. The average Bonchev–Trinajstić information content (AvgIpc) is 2.73. The van der Waals surface area contributed by atoms with E-state index in [1.54, 1.807) is 18.3 Å². The number of carbonyl (C=O) groups is 1. The van der Waals surface area contributed by atoms with E-state index < -0.39 is 0 Å². The van der Waals surface area contributed by atoms with Gasteiger partial charge >= 0.3 is 0 Å². The Kier molecular flexibility index (Phi) is 7.71. The summed E-state index contributed by atoms with van der Waals surface area (Å²) in [6.45, 7) is 2.46. The lowest BCUT2D eigenvalue weighted by Gasteiger charge is -2.08. The van der Waals surface area contributed by atoms with E-state index in [0.717, 1.165) is 22.4 Å². The number of anilines is 1. The van der Waals surface area contributed by atoms with E-state index in [-0.39, 0.29) is 12.5 Å². The normalized spacial score (nSPS) is 10.8. The highest BCUT2D eigenvalue weighted by molar-refractivity contribution is 6.35. The first-order valence-corrected chi connectivity index (χ1v) is 10.0. The van der Waals surface area contributed by atoms with Gasteiger partial charge in [-0.2, -0.15) is 5.10 Å². The number of nitrogens with one attached hydrogen (secondary N) is 2. The fourth-order valence-electron chi connectivity index (χ4n) is 2.56. The molecule has 0 aliphatic carbocycles. The van der Waals surface area contributed by atoms with Crippen LogP contribution >= 0.6 is 23.2 Å². The third-order valence-corrected chi connectivity index (χ3v) is 4.76. The molecule has 0 spiro atoms. The first-order chi connectivity index (χ1) is 14.5. The molecular formula is C23H21Cl2N3O2. The number of rotatable bonds is 8. The molecule has 0 aliphatic rings. The smallest absolute Gasteiger partial charge is 0.259 e. The minimum Gasteiger partial charge on any atom is -0.489 e. The zero-order valence-corrected chi connectivity index (χ0v) is 17.9. The number of benzene rings is 3. The number of carbonyl (C=O) groups excluding carboxylic acids is 1. The van der Waals surface area contributed by atoms with E-state index in [4.69, 9.17) is 27.9 Å². The second kappa shape index (κ2) is 10.7. The van der Waals surface area contributed by atoms with Crippen molar-refractivity contribution < 1.29 is 9.53 Å². The molecule has 7 heteroatoms. The minimum atomic E-state index is -0.239. The van der Waals surface area contributed by atoms with Gasteiger partial charge in [-0.05, 0) is 48.9 Å². The molecular weight excluding hydrogens is 421 g/mol. The Morgan fingerprint density at radius 2 is 1.87 bits per heavy atom. The summed E-state index contributed by atoms with van der Waals surface area (Å²) in [6.07, 6.45) is 1.56. The summed E-state index contributed by atoms with van der Waals surface area (Å²) in [7, 11) is 0. The number of amides is 1. The molecule has 2 N–H and O–H groups in total. The summed E-state index contributed by atoms with van der Waals surface area (Å²) in [5, 5.41) is 8.18. The molecule has 3 aromatic carbocycles. The van der Waals surface area contributed by atoms with Crippen LogP contribution in [0.25, 0.3) is 0 Å². The summed E-state index contributed by atoms with van der Waals surface area (Å²) in [5.74, 6) is 0.425. The van der Waals surface area contributed by atoms with E-state index in [2.05, 4.69) is 15.8 Å². The maximum atomic E-state index is 11.9. The molecule has 3 aromatic rings. The first kappa shape index (κ1) is 21.7. The number of hydrogen-bond acceptors (Lipinski definition) is 4. The third kappa shape index (κ3) is 6.79. The van der Waals surface area contributed by atoms with Crippen molar-refractivity contribution in [3.8, 4) is 5.75 Å². The van der Waals surface area contributed by atoms with Crippen molar-refractivity contribution in [2.24, 2.45) is 5.10 Å². The second-order valence-electron chi connectivity index (χ2n) is 6.61. The van der Waals surface area contributed by atoms with Crippen LogP contribution in [0.4, 0.5) is 5.69 Å². The maximum absolute atomic E-state index is 11.9. The molecule has 0 unspecified atom stereocenters. The number of hydrogen-bond donors (Lipinski definition) is 2. The topological polar surface area (TPSA) is 62.7 Å². The first-order valence-electron chi connectivity index (χ1n) is 9.29. The standard InChI is InChI=1S/C23H21Cl2N3O2/c1-16-5-9-20(10-6-16)26-14-23(29)28-27-13-17-3-2-4-21(11-17)30-15-18-7-8-19(24)12-22(18)25/h2-13,26H,14-15H2,1H3,(H,28,29)/b27-13-. The summed E-state index contributed by atoms with van der Waals surface area (Å²) < 4.78 is 5.79. The van der Waals surface area contributed by atoms with Crippen molar-refractivity contribution in [2.45, 2.75) is 13.5 Å². The van der Waals surface area contributed by atoms with Gasteiger partial charge in [0.15, 0.2) is 0 Å². The number of halogens is 2. The van der Waals surface area contributed by atoms with Crippen molar-refractivity contribution in [3.05, 3.63) is 93.5 Å². The van der Waals surface area contributed by atoms with Crippen molar-refractivity contribution in [1.82, 2.24) is 5.43 Å². The average molecular weight is 442 g/mol. The Bertz CT molecular complexity index is 1040. The van der Waals surface area contributed by atoms with E-state index in [1.807, 2.05) is 61.5 Å². The molecule has 5 nitrogen and oxygen atoms in total. The van der Waals surface area contributed by atoms with Crippen LogP contribution in [0, 0.1) is 6.92 Å². The van der Waals surface area contributed by atoms with E-state index in [0.29, 0.717) is 22.4 Å². The SMILES string of the molecule is Cc1ccc(NCC(=O)N/N=C\c2cccc(OCc3ccc(Cl)cc3Cl)c2)cc1. The van der Waals surface area contributed by atoms with Crippen LogP contribution < -0.4 is 15.5 Å². The Morgan fingerprint density at radius 3 is 2.63 bits per heavy atom. The highest BCUT2D eigenvalue weighted by Crippen LogP contribution is 2.23. The molecule has 0 aromatic heterocycles. The Balaban J connectivity index is 1.48. The zero-order chi connectivity index (χ0) is 21.3. The lowest BCUT2D eigenvalue weighted by atomic mass is 10.2. The van der Waals surface area contributed by atoms with Gasteiger partial charge in [0.2, 0.25) is 0 Å². The molecule has 0 saturated carbocycles. The van der Waals surface area contributed by atoms with Crippen LogP contribution in [0.5, 0.6) is 5.75 Å². The number of nitrogens with zero attached hydrogens (tertiary/aromatic N) is 1. The number of ether oxygens (including phenoxy) is 1. The highest BCUT2D eigenvalue weighted by atomic mass is 35.5. The Labute approximate surface area is 185 Å². The van der Waals surface area contributed by atoms with Gasteiger partial charge in [0.05, 0.1) is 12.8 Å². The van der Waals surface area contributed by atoms with Crippen molar-refractivity contribution in [3.63, 3.8) is 0 Å². The lowest BCUT2D eigenvalue weighted by Crippen LogP contribution is -2.25. The van der Waals surface area contributed by atoms with Gasteiger partial charge in [0.1, 0.15) is 12.4 Å². The predicted molar refractivity (Wildman–Crippen MR) is 123 cm³/mol. The van der Waals surface area contributed by atoms with Gasteiger partial charge < -0.3 is 10.1 Å². The fraction of sp³-hybridized carbons (Fsp3) is 0.130. The molecule has 0 heterocycles. The molecule has 0 fully saturated rings. The monoisotopic (exact) mass is 441 g/mol. The highest BCUT2D eigenvalue weighted by Gasteiger charge is 2.03. The van der Waals surface area contributed by atoms with E-state index in [9.17, 15) is 4.79 Å². The lowest BCUT2D eigenvalue weighted by molar-refractivity contribution is -0.119. The van der Waals surface area contributed by atoms with Gasteiger partial charge in [0.25, 0.3) is 5.91 Å². The van der Waals surface area contributed by atoms with Crippen LogP contribution in [0.3, 0.4) is 0 Å². The molecule has 30 heavy (non-hydrogen) atoms. The van der Waals surface area contributed by atoms with Gasteiger partial charge in [-0.1, -0.05) is 59.1 Å². The van der Waals surface area contributed by atoms with Crippen molar-refractivity contribution in [1.29, 1.82) is 0 Å². The van der Waals surface area contributed by atoms with Gasteiger partial charge in [-0.3, -0.25) is 4.79 Å². The van der Waals surface area contributed by atoms with E-state index >= 15 is 0 Å². The van der Waals surface area contributed by atoms with Gasteiger partial charge in [0, 0.05) is 21.3 Å². The molecule has 0 bridgehead atoms. The quantitative estimate of drug-likeness (QED) is 0.361. The van der Waals surface area contributed by atoms with Crippen LogP contribution in [-0.2, 0) is 11.4 Å². The zero-order valence-electron chi connectivity index (χ0n) is 16.4. The summed E-state index contributed by atoms with van der Waals surface area (Å²) >= 11 is 12.1.